The van der Waals surface area contributed by atoms with Gasteiger partial charge < -0.3 is 20.1 Å². The average Bonchev–Trinajstić information content (AvgIpc) is 2.97. The lowest BCUT2D eigenvalue weighted by Crippen LogP contribution is -2.48. The van der Waals surface area contributed by atoms with Crippen molar-refractivity contribution in [3.63, 3.8) is 0 Å². The van der Waals surface area contributed by atoms with Crippen LogP contribution in [0.3, 0.4) is 0 Å². The molecule has 0 bridgehead atoms. The van der Waals surface area contributed by atoms with Gasteiger partial charge in [-0.25, -0.2) is 0 Å². The maximum Gasteiger partial charge on any atom is 0.251 e. The number of benzene rings is 1. The molecule has 1 aromatic carbocycles. The van der Waals surface area contributed by atoms with Gasteiger partial charge in [0.2, 0.25) is 0 Å². The Labute approximate surface area is 137 Å². The molecule has 2 aliphatic rings. The standard InChI is InChI=1S/C16H22N2O3.ClH/c19-16(18-10-12-8-17-9-12)13-3-1-4-14(7-13)21-11-15-5-2-6-20-15;/h1,3-4,7,12,15,17H,2,5-6,8-11H2,(H,18,19);1H. The number of carbonyl (C=O) groups excluding carboxylic acids is 1. The van der Waals surface area contributed by atoms with Crippen molar-refractivity contribution >= 4 is 18.3 Å². The molecule has 122 valence electrons. The van der Waals surface area contributed by atoms with Gasteiger partial charge in [-0.1, -0.05) is 6.07 Å². The Morgan fingerprint density at radius 2 is 2.27 bits per heavy atom. The minimum atomic E-state index is -0.0375. The smallest absolute Gasteiger partial charge is 0.251 e. The normalized spacial score (nSPS) is 20.8. The molecule has 22 heavy (non-hydrogen) atoms. The van der Waals surface area contributed by atoms with Crippen LogP contribution in [0.15, 0.2) is 24.3 Å². The zero-order chi connectivity index (χ0) is 14.5. The van der Waals surface area contributed by atoms with Gasteiger partial charge in [0.1, 0.15) is 12.4 Å². The summed E-state index contributed by atoms with van der Waals surface area (Å²) >= 11 is 0. The molecule has 3 rings (SSSR count). The first-order chi connectivity index (χ1) is 10.3. The van der Waals surface area contributed by atoms with Crippen molar-refractivity contribution in [3.05, 3.63) is 29.8 Å². The van der Waals surface area contributed by atoms with Crippen molar-refractivity contribution in [3.8, 4) is 5.75 Å². The van der Waals surface area contributed by atoms with Crippen molar-refractivity contribution < 1.29 is 14.3 Å². The van der Waals surface area contributed by atoms with Crippen LogP contribution < -0.4 is 15.4 Å². The lowest BCUT2D eigenvalue weighted by Gasteiger charge is -2.27. The lowest BCUT2D eigenvalue weighted by atomic mass is 10.0. The number of carbonyl (C=O) groups is 1. The Hall–Kier alpha value is -1.30. The molecule has 2 saturated heterocycles. The fraction of sp³-hybridized carbons (Fsp3) is 0.562. The number of halogens is 1. The van der Waals surface area contributed by atoms with Gasteiger partial charge in [0.25, 0.3) is 5.91 Å². The third-order valence-corrected chi connectivity index (χ3v) is 3.97. The summed E-state index contributed by atoms with van der Waals surface area (Å²) in [5.41, 5.74) is 0.645. The number of ether oxygens (including phenoxy) is 2. The summed E-state index contributed by atoms with van der Waals surface area (Å²) in [5, 5.41) is 6.16. The van der Waals surface area contributed by atoms with E-state index in [0.29, 0.717) is 18.1 Å². The van der Waals surface area contributed by atoms with E-state index in [-0.39, 0.29) is 24.4 Å². The van der Waals surface area contributed by atoms with Crippen LogP contribution in [0.1, 0.15) is 23.2 Å². The third kappa shape index (κ3) is 4.60. The van der Waals surface area contributed by atoms with Crippen LogP contribution in [0, 0.1) is 5.92 Å². The zero-order valence-electron chi connectivity index (χ0n) is 12.5. The summed E-state index contributed by atoms with van der Waals surface area (Å²) < 4.78 is 11.2. The minimum absolute atomic E-state index is 0. The van der Waals surface area contributed by atoms with Gasteiger partial charge in [0.15, 0.2) is 0 Å². The summed E-state index contributed by atoms with van der Waals surface area (Å²) in [6.45, 7) is 4.09. The van der Waals surface area contributed by atoms with Gasteiger partial charge >= 0.3 is 0 Å². The van der Waals surface area contributed by atoms with Crippen LogP contribution in [0.4, 0.5) is 0 Å². The highest BCUT2D eigenvalue weighted by Crippen LogP contribution is 2.17. The molecule has 6 heteroatoms. The molecule has 2 aliphatic heterocycles. The first kappa shape index (κ1) is 17.1. The molecular formula is C16H23ClN2O3. The average molecular weight is 327 g/mol. The van der Waals surface area contributed by atoms with Gasteiger partial charge in [-0.15, -0.1) is 12.4 Å². The van der Waals surface area contributed by atoms with Crippen LogP contribution in [-0.2, 0) is 4.74 Å². The number of hydrogen-bond donors (Lipinski definition) is 2. The molecule has 1 aromatic rings. The molecule has 0 radical (unpaired) electrons. The van der Waals surface area contributed by atoms with Crippen molar-refractivity contribution in [2.75, 3.05) is 32.8 Å². The van der Waals surface area contributed by atoms with Gasteiger partial charge in [-0.2, -0.15) is 0 Å². The Morgan fingerprint density at radius 1 is 1.41 bits per heavy atom. The molecule has 1 atom stereocenters. The molecule has 0 aromatic heterocycles. The predicted octanol–water partition coefficient (Wildman–Crippen LogP) is 1.62. The van der Waals surface area contributed by atoms with Crippen LogP contribution in [0.5, 0.6) is 5.75 Å². The summed E-state index contributed by atoms with van der Waals surface area (Å²) in [7, 11) is 0. The summed E-state index contributed by atoms with van der Waals surface area (Å²) in [6, 6.07) is 7.34. The molecule has 0 aliphatic carbocycles. The highest BCUT2D eigenvalue weighted by molar-refractivity contribution is 5.94. The topological polar surface area (TPSA) is 59.6 Å². The van der Waals surface area contributed by atoms with E-state index in [4.69, 9.17) is 9.47 Å². The van der Waals surface area contributed by atoms with E-state index in [1.807, 2.05) is 18.2 Å². The number of nitrogens with one attached hydrogen (secondary N) is 2. The number of rotatable bonds is 6. The van der Waals surface area contributed by atoms with E-state index in [2.05, 4.69) is 10.6 Å². The quantitative estimate of drug-likeness (QED) is 0.834. The molecular weight excluding hydrogens is 304 g/mol. The zero-order valence-corrected chi connectivity index (χ0v) is 13.4. The van der Waals surface area contributed by atoms with Crippen molar-refractivity contribution in [1.82, 2.24) is 10.6 Å². The van der Waals surface area contributed by atoms with E-state index in [1.54, 1.807) is 6.07 Å². The first-order valence-corrected chi connectivity index (χ1v) is 7.64. The molecule has 1 amide bonds. The minimum Gasteiger partial charge on any atom is -0.491 e. The Balaban J connectivity index is 0.00000176. The molecule has 5 nitrogen and oxygen atoms in total. The van der Waals surface area contributed by atoms with E-state index in [0.717, 1.165) is 44.8 Å². The van der Waals surface area contributed by atoms with E-state index < -0.39 is 0 Å². The number of amides is 1. The van der Waals surface area contributed by atoms with Crippen LogP contribution in [0.25, 0.3) is 0 Å². The molecule has 0 saturated carbocycles. The highest BCUT2D eigenvalue weighted by atomic mass is 35.5. The fourth-order valence-corrected chi connectivity index (χ4v) is 2.52. The largest absolute Gasteiger partial charge is 0.491 e. The second kappa shape index (κ2) is 8.36. The Morgan fingerprint density at radius 3 is 2.95 bits per heavy atom. The van der Waals surface area contributed by atoms with E-state index in [9.17, 15) is 4.79 Å². The second-order valence-corrected chi connectivity index (χ2v) is 5.71. The Bertz CT molecular complexity index is 488. The van der Waals surface area contributed by atoms with Gasteiger partial charge in [0.05, 0.1) is 6.10 Å². The SMILES string of the molecule is Cl.O=C(NCC1CNC1)c1cccc(OCC2CCCO2)c1. The van der Waals surface area contributed by atoms with Crippen LogP contribution in [0.2, 0.25) is 0 Å². The number of hydrogen-bond acceptors (Lipinski definition) is 4. The molecule has 2 N–H and O–H groups in total. The van der Waals surface area contributed by atoms with Gasteiger partial charge in [0, 0.05) is 37.7 Å². The Kier molecular flexibility index (Phi) is 6.49. The predicted molar refractivity (Wildman–Crippen MR) is 86.9 cm³/mol. The maximum absolute atomic E-state index is 12.1. The highest BCUT2D eigenvalue weighted by Gasteiger charge is 2.18. The lowest BCUT2D eigenvalue weighted by molar-refractivity contribution is 0.0679. The second-order valence-electron chi connectivity index (χ2n) is 5.71. The first-order valence-electron chi connectivity index (χ1n) is 7.64. The van der Waals surface area contributed by atoms with Gasteiger partial charge in [-0.05, 0) is 31.0 Å². The molecule has 0 spiro atoms. The van der Waals surface area contributed by atoms with Crippen molar-refractivity contribution in [2.24, 2.45) is 5.92 Å². The fourth-order valence-electron chi connectivity index (χ4n) is 2.52. The van der Waals surface area contributed by atoms with E-state index >= 15 is 0 Å². The summed E-state index contributed by atoms with van der Waals surface area (Å²) in [5.74, 6) is 1.25. The van der Waals surface area contributed by atoms with E-state index in [1.165, 1.54) is 0 Å². The van der Waals surface area contributed by atoms with Crippen molar-refractivity contribution in [2.45, 2.75) is 18.9 Å². The maximum atomic E-state index is 12.1. The summed E-state index contributed by atoms with van der Waals surface area (Å²) in [6.07, 6.45) is 2.34. The van der Waals surface area contributed by atoms with Crippen molar-refractivity contribution in [1.29, 1.82) is 0 Å². The molecule has 2 fully saturated rings. The third-order valence-electron chi connectivity index (χ3n) is 3.97. The van der Waals surface area contributed by atoms with Crippen LogP contribution >= 0.6 is 12.4 Å². The monoisotopic (exact) mass is 326 g/mol. The molecule has 2 heterocycles. The van der Waals surface area contributed by atoms with Gasteiger partial charge in [-0.3, -0.25) is 4.79 Å². The molecule has 1 unspecified atom stereocenters. The summed E-state index contributed by atoms with van der Waals surface area (Å²) in [4.78, 5) is 12.1. The van der Waals surface area contributed by atoms with Crippen LogP contribution in [-0.4, -0.2) is 44.9 Å².